The molecule has 2 aliphatic rings. The van der Waals surface area contributed by atoms with Crippen LogP contribution in [0.1, 0.15) is 82.1 Å². The lowest BCUT2D eigenvalue weighted by molar-refractivity contribution is -0.163. The third-order valence-electron chi connectivity index (χ3n) is 7.39. The average molecular weight is 560 g/mol. The topological polar surface area (TPSA) is 132 Å². The number of methoxy groups -OCH3 is 2. The number of ether oxygens (including phenoxy) is 4. The Morgan fingerprint density at radius 1 is 1.07 bits per heavy atom. The molecule has 0 fully saturated rings. The SMILES string of the molecule is COC(=O)C1CCC(=O)O[C@@H](C(C)(C)O)CC/C(C)=C/CC/C(C)=C/COc2c(OC)cc3c(c2O)CN1C3=O. The molecule has 10 nitrogen and oxygen atoms in total. The number of cyclic esters (lactones) is 1. The molecule has 1 aromatic carbocycles. The molecule has 0 aliphatic carbocycles. The van der Waals surface area contributed by atoms with Crippen LogP contribution in [-0.2, 0) is 25.6 Å². The summed E-state index contributed by atoms with van der Waals surface area (Å²) in [4.78, 5) is 40.3. The van der Waals surface area contributed by atoms with Crippen molar-refractivity contribution < 1.29 is 43.5 Å². The lowest BCUT2D eigenvalue weighted by atomic mass is 9.95. The lowest BCUT2D eigenvalue weighted by Gasteiger charge is -2.30. The van der Waals surface area contributed by atoms with Crippen LogP contribution >= 0.6 is 0 Å². The first-order chi connectivity index (χ1) is 18.9. The monoisotopic (exact) mass is 559 g/mol. The smallest absolute Gasteiger partial charge is 0.328 e. The van der Waals surface area contributed by atoms with E-state index in [1.807, 2.05) is 19.9 Å². The van der Waals surface area contributed by atoms with Crippen LogP contribution < -0.4 is 9.47 Å². The molecule has 0 aromatic heterocycles. The number of phenols is 1. The number of hydrogen-bond acceptors (Lipinski definition) is 9. The molecule has 1 unspecified atom stereocenters. The van der Waals surface area contributed by atoms with Crippen molar-refractivity contribution in [3.05, 3.63) is 40.5 Å². The number of benzene rings is 1. The van der Waals surface area contributed by atoms with Crippen LogP contribution in [0, 0.1) is 0 Å². The highest BCUT2D eigenvalue weighted by molar-refractivity contribution is 6.02. The van der Waals surface area contributed by atoms with Gasteiger partial charge >= 0.3 is 11.9 Å². The Kier molecular flexibility index (Phi) is 10.2. The van der Waals surface area contributed by atoms with Gasteiger partial charge in [0, 0.05) is 12.0 Å². The number of hydrogen-bond donors (Lipinski definition) is 2. The predicted molar refractivity (Wildman–Crippen MR) is 147 cm³/mol. The van der Waals surface area contributed by atoms with Gasteiger partial charge in [0.15, 0.2) is 11.5 Å². The Labute approximate surface area is 235 Å². The van der Waals surface area contributed by atoms with Gasteiger partial charge in [-0.05, 0) is 71.9 Å². The third-order valence-corrected chi connectivity index (χ3v) is 7.39. The van der Waals surface area contributed by atoms with Crippen LogP contribution in [0.3, 0.4) is 0 Å². The second-order valence-corrected chi connectivity index (χ2v) is 10.9. The molecule has 220 valence electrons. The molecule has 2 aliphatic heterocycles. The van der Waals surface area contributed by atoms with Gasteiger partial charge in [0.1, 0.15) is 18.8 Å². The number of fused-ring (bicyclic) bond motifs is 2. The molecule has 1 amide bonds. The minimum atomic E-state index is -1.27. The zero-order valence-electron chi connectivity index (χ0n) is 24.2. The Morgan fingerprint density at radius 2 is 1.77 bits per heavy atom. The zero-order chi connectivity index (χ0) is 29.6. The molecule has 3 rings (SSSR count). The Balaban J connectivity index is 1.98. The molecule has 0 radical (unpaired) electrons. The van der Waals surface area contributed by atoms with Crippen molar-refractivity contribution in [2.24, 2.45) is 0 Å². The number of phenolic OH excluding ortho intramolecular Hbond substituents is 1. The average Bonchev–Trinajstić information content (AvgIpc) is 3.22. The van der Waals surface area contributed by atoms with Gasteiger partial charge in [0.05, 0.1) is 31.9 Å². The van der Waals surface area contributed by atoms with Crippen molar-refractivity contribution in [2.75, 3.05) is 20.8 Å². The third kappa shape index (κ3) is 7.35. The van der Waals surface area contributed by atoms with Crippen LogP contribution in [0.15, 0.2) is 29.4 Å². The lowest BCUT2D eigenvalue weighted by Crippen LogP contribution is -2.43. The van der Waals surface area contributed by atoms with E-state index in [9.17, 15) is 24.6 Å². The highest BCUT2D eigenvalue weighted by Gasteiger charge is 2.40. The number of esters is 2. The van der Waals surface area contributed by atoms with Gasteiger partial charge in [-0.15, -0.1) is 0 Å². The maximum atomic E-state index is 13.4. The van der Waals surface area contributed by atoms with Crippen molar-refractivity contribution >= 4 is 17.8 Å². The second kappa shape index (κ2) is 13.2. The maximum Gasteiger partial charge on any atom is 0.328 e. The van der Waals surface area contributed by atoms with Gasteiger partial charge in [0.2, 0.25) is 5.75 Å². The summed E-state index contributed by atoms with van der Waals surface area (Å²) in [6, 6.07) is 0.386. The Hall–Kier alpha value is -3.53. The number of aromatic hydroxyl groups is 1. The van der Waals surface area contributed by atoms with Gasteiger partial charge < -0.3 is 34.1 Å². The minimum absolute atomic E-state index is 0.0614. The van der Waals surface area contributed by atoms with Crippen LogP contribution in [0.25, 0.3) is 0 Å². The quantitative estimate of drug-likeness (QED) is 0.413. The number of rotatable bonds is 3. The molecule has 1 aromatic rings. The van der Waals surface area contributed by atoms with Gasteiger partial charge in [-0.1, -0.05) is 17.2 Å². The van der Waals surface area contributed by atoms with Crippen LogP contribution in [0.5, 0.6) is 17.2 Å². The fourth-order valence-electron chi connectivity index (χ4n) is 4.90. The fraction of sp³-hybridized carbons (Fsp3) is 0.567. The molecule has 2 heterocycles. The highest BCUT2D eigenvalue weighted by Crippen LogP contribution is 2.45. The molecule has 10 heteroatoms. The molecule has 0 spiro atoms. The van der Waals surface area contributed by atoms with E-state index < -0.39 is 35.6 Å². The highest BCUT2D eigenvalue weighted by atomic mass is 16.6. The van der Waals surface area contributed by atoms with Crippen LogP contribution in [0.4, 0.5) is 0 Å². The molecule has 40 heavy (non-hydrogen) atoms. The molecule has 2 N–H and O–H groups in total. The maximum absolute atomic E-state index is 13.4. The first-order valence-electron chi connectivity index (χ1n) is 13.5. The van der Waals surface area contributed by atoms with E-state index in [1.165, 1.54) is 25.2 Å². The first kappa shape index (κ1) is 31.0. The molecule has 0 saturated carbocycles. The Bertz CT molecular complexity index is 1180. The van der Waals surface area contributed by atoms with Crippen molar-refractivity contribution in [3.63, 3.8) is 0 Å². The van der Waals surface area contributed by atoms with E-state index >= 15 is 0 Å². The molecule has 2 atom stereocenters. The van der Waals surface area contributed by atoms with Gasteiger partial charge in [-0.2, -0.15) is 0 Å². The minimum Gasteiger partial charge on any atom is -0.504 e. The van der Waals surface area contributed by atoms with E-state index in [1.54, 1.807) is 13.8 Å². The predicted octanol–water partition coefficient (Wildman–Crippen LogP) is 4.21. The summed E-state index contributed by atoms with van der Waals surface area (Å²) in [5.74, 6) is -1.74. The van der Waals surface area contributed by atoms with E-state index in [-0.39, 0.29) is 48.8 Å². The number of allylic oxidation sites excluding steroid dienone is 3. The molecule has 0 saturated heterocycles. The van der Waals surface area contributed by atoms with Crippen molar-refractivity contribution in [1.29, 1.82) is 0 Å². The number of aliphatic hydroxyl groups is 1. The summed E-state index contributed by atoms with van der Waals surface area (Å²) >= 11 is 0. The van der Waals surface area contributed by atoms with Gasteiger partial charge in [-0.3, -0.25) is 9.59 Å². The van der Waals surface area contributed by atoms with E-state index in [0.29, 0.717) is 18.4 Å². The van der Waals surface area contributed by atoms with Crippen LogP contribution in [-0.4, -0.2) is 71.5 Å². The summed E-state index contributed by atoms with van der Waals surface area (Å²) in [5.41, 5.74) is 1.42. The van der Waals surface area contributed by atoms with Gasteiger partial charge in [-0.25, -0.2) is 4.79 Å². The van der Waals surface area contributed by atoms with E-state index in [4.69, 9.17) is 18.9 Å². The second-order valence-electron chi connectivity index (χ2n) is 10.9. The summed E-state index contributed by atoms with van der Waals surface area (Å²) in [6.07, 6.45) is 5.73. The van der Waals surface area contributed by atoms with Crippen molar-refractivity contribution in [2.45, 2.75) is 90.5 Å². The number of amides is 1. The molecular weight excluding hydrogens is 518 g/mol. The summed E-state index contributed by atoms with van der Waals surface area (Å²) in [5, 5.41) is 21.7. The first-order valence-corrected chi connectivity index (χ1v) is 13.5. The normalized spacial score (nSPS) is 24.1. The zero-order valence-corrected chi connectivity index (χ0v) is 24.2. The Morgan fingerprint density at radius 3 is 2.42 bits per heavy atom. The fourth-order valence-corrected chi connectivity index (χ4v) is 4.90. The van der Waals surface area contributed by atoms with Crippen molar-refractivity contribution in [3.8, 4) is 17.2 Å². The number of carbonyl (C=O) groups excluding carboxylic acids is 3. The summed E-state index contributed by atoms with van der Waals surface area (Å²) < 4.78 is 21.9. The molecule has 3 bridgehead atoms. The molecular formula is C30H41NO9. The van der Waals surface area contributed by atoms with Crippen LogP contribution in [0.2, 0.25) is 0 Å². The summed E-state index contributed by atoms with van der Waals surface area (Å²) in [6.45, 7) is 7.28. The van der Waals surface area contributed by atoms with Gasteiger partial charge in [0.25, 0.3) is 5.91 Å². The number of nitrogens with zero attached hydrogens (tertiary/aromatic N) is 1. The van der Waals surface area contributed by atoms with E-state index in [2.05, 4.69) is 6.08 Å². The largest absolute Gasteiger partial charge is 0.504 e. The number of carbonyl (C=O) groups is 3. The standard InChI is InChI=1S/C30H41NO9/c1-18-8-7-9-19(2)14-15-39-27-23(37-5)16-20-21(26(27)33)17-31(28(20)34)22(29(35)38-6)11-13-25(32)40-24(12-10-18)30(3,4)36/h8,14,16,22,24,33,36H,7,9-13,15,17H2,1-6H3/b18-8+,19-14+/t22?,24-/m1/s1. The summed E-state index contributed by atoms with van der Waals surface area (Å²) in [7, 11) is 2.62. The van der Waals surface area contributed by atoms with Crippen molar-refractivity contribution in [1.82, 2.24) is 4.90 Å². The van der Waals surface area contributed by atoms with E-state index in [0.717, 1.165) is 24.0 Å².